The Hall–Kier alpha value is -2.34. The van der Waals surface area contributed by atoms with Gasteiger partial charge in [-0.2, -0.15) is 0 Å². The van der Waals surface area contributed by atoms with E-state index in [-0.39, 0.29) is 16.4 Å². The molecule has 0 atom stereocenters. The molecule has 0 fully saturated rings. The van der Waals surface area contributed by atoms with Gasteiger partial charge in [0.05, 0.1) is 39.6 Å². The average Bonchev–Trinajstić information content (AvgIpc) is 3.39. The molecule has 7 aromatic carbocycles. The molecule has 0 aliphatic carbocycles. The summed E-state index contributed by atoms with van der Waals surface area (Å²) in [5, 5.41) is 7.01. The van der Waals surface area contributed by atoms with Gasteiger partial charge < -0.3 is 0 Å². The summed E-state index contributed by atoms with van der Waals surface area (Å²) >= 11 is 0. The van der Waals surface area contributed by atoms with Crippen molar-refractivity contribution in [2.45, 2.75) is 104 Å². The van der Waals surface area contributed by atoms with Crippen molar-refractivity contribution in [1.29, 1.82) is 0 Å². The minimum Gasteiger partial charge on any atom is -0.113 e. The van der Waals surface area contributed by atoms with Crippen LogP contribution in [0.4, 0.5) is 0 Å². The van der Waals surface area contributed by atoms with Crippen molar-refractivity contribution in [3.63, 3.8) is 0 Å². The molecule has 7 aromatic rings. The van der Waals surface area contributed by atoms with Gasteiger partial charge >= 0.3 is 0 Å². The molecule has 0 heterocycles. The van der Waals surface area contributed by atoms with E-state index in [9.17, 15) is 0 Å². The molecule has 32 heteroatoms. The normalized spacial score (nSPS) is 11.3. The van der Waals surface area contributed by atoms with Crippen LogP contribution in [0.2, 0.25) is 0 Å². The first-order valence-corrected chi connectivity index (χ1v) is 27.9. The van der Waals surface area contributed by atoms with E-state index in [1.807, 2.05) is 0 Å². The van der Waals surface area contributed by atoms with Crippen LogP contribution in [0.15, 0.2) is 0 Å². The first kappa shape index (κ1) is 66.2. The van der Waals surface area contributed by atoms with Crippen molar-refractivity contribution in [2.24, 2.45) is 0 Å². The summed E-state index contributed by atoms with van der Waals surface area (Å²) in [4.78, 5) is 0. The second-order valence-corrected chi connectivity index (χ2v) is 23.4. The number of aryl methyl sites for hydroxylation is 7. The minimum absolute atomic E-state index is 0.0861. The summed E-state index contributed by atoms with van der Waals surface area (Å²) in [6.07, 6.45) is -7.45. The molecule has 0 bridgehead atoms. The van der Waals surface area contributed by atoms with Crippen LogP contribution in [-0.2, 0) is 0 Å². The van der Waals surface area contributed by atoms with Crippen LogP contribution in [0.5, 0.6) is 0 Å². The Morgan fingerprint density at radius 2 is 0.654 bits per heavy atom. The summed E-state index contributed by atoms with van der Waals surface area (Å²) < 4.78 is 0. The van der Waals surface area contributed by atoms with E-state index in [4.69, 9.17) is 139 Å². The van der Waals surface area contributed by atoms with Crippen molar-refractivity contribution in [1.82, 2.24) is 0 Å². The average molecular weight is 980 g/mol. The third-order valence-corrected chi connectivity index (χ3v) is 19.4. The van der Waals surface area contributed by atoms with Gasteiger partial charge in [0, 0.05) is 184 Å². The Balaban J connectivity index is 2.13. The lowest BCUT2D eigenvalue weighted by Crippen LogP contribution is -2.80. The summed E-state index contributed by atoms with van der Waals surface area (Å²) in [6.45, 7) is 27.1. The number of benzene rings is 7. The van der Waals surface area contributed by atoms with Gasteiger partial charge in [-0.15, -0.1) is 16.4 Å². The van der Waals surface area contributed by atoms with E-state index in [0.29, 0.717) is 38.2 Å². The summed E-state index contributed by atoms with van der Waals surface area (Å²) in [5.74, 6) is 0. The van der Waals surface area contributed by atoms with Gasteiger partial charge in [-0.25, -0.2) is 0 Å². The quantitative estimate of drug-likeness (QED) is 0.0693. The van der Waals surface area contributed by atoms with Crippen LogP contribution in [-0.4, -0.2) is 231 Å². The standard InChI is InChI=1S/C49H45B32/c1-16-18(3)25(10)33-31(22(16)7)24(9)20(5)27(12)35(33)36-28(13)21(6)29(14)37-38(36)30(15)32-23(8)17(2)19(4)26(11)34(32)39(37)40-41-42(43(50)44(68-51)45(40)71(54)55)47(75(80(65)66)81(67)70-53)49(74(78(61)62)79(63)64)48(73(69-52)77(59)60)46(41)72(56)76(57)58/h1-15H3. The monoisotopic (exact) mass is 986 g/mol. The molecule has 0 saturated carbocycles. The maximum Gasteiger partial charge on any atom is 0.113 e. The maximum atomic E-state index is 7.75. The fourth-order valence-electron chi connectivity index (χ4n) is 14.1. The molecule has 0 N–H and O–H groups in total. The number of rotatable bonds is 16. The second kappa shape index (κ2) is 24.8. The first-order valence-electron chi connectivity index (χ1n) is 27.9. The highest BCUT2D eigenvalue weighted by Crippen LogP contribution is 2.53. The molecule has 0 aliphatic heterocycles. The molecule has 0 aromatic heterocycles. The molecule has 39 radical (unpaired) electrons. The highest BCUT2D eigenvalue weighted by Gasteiger charge is 2.43. The molecule has 0 spiro atoms. The third kappa shape index (κ3) is 10.3. The molecule has 0 amide bonds. The lowest BCUT2D eigenvalue weighted by molar-refractivity contribution is 1.22. The van der Waals surface area contributed by atoms with E-state index in [1.165, 1.54) is 71.0 Å². The predicted molar refractivity (Wildman–Crippen MR) is 400 cm³/mol. The molecule has 81 heavy (non-hydrogen) atoms. The summed E-state index contributed by atoms with van der Waals surface area (Å²) in [6, 6.07) is 0. The van der Waals surface area contributed by atoms with E-state index in [1.54, 1.807) is 0 Å². The highest BCUT2D eigenvalue weighted by molar-refractivity contribution is 7.89. The Bertz CT molecular complexity index is 3700. The SMILES string of the molecule is [B][B]B([B])B(B([B])[B])c1c(B(B([B])[B])B([B])[B])c(B([B][B])B([B])[B])c(B([B])B([B])[B])c2c(-c3c4c(C)c(C)c(C)c(C)c4c(C)c4c(-c5c(C)c(C)c(C)c6c(C)c(C)c(C)c(C)c56)c(C)c(C)c(C)c34)c(B([B])[B])c([B][B])c([B])c12. The van der Waals surface area contributed by atoms with Crippen molar-refractivity contribution in [3.8, 4) is 22.3 Å². The Kier molecular flexibility index (Phi) is 20.3. The Morgan fingerprint density at radius 3 is 1.01 bits per heavy atom. The van der Waals surface area contributed by atoms with E-state index < -0.39 is 70.8 Å². The number of hydrogen-bond acceptors (Lipinski definition) is 0. The van der Waals surface area contributed by atoms with E-state index in [0.717, 1.165) is 82.7 Å². The fourth-order valence-corrected chi connectivity index (χ4v) is 14.1. The van der Waals surface area contributed by atoms with E-state index in [2.05, 4.69) is 104 Å². The van der Waals surface area contributed by atoms with Gasteiger partial charge in [0.15, 0.2) is 0 Å². The van der Waals surface area contributed by atoms with E-state index >= 15 is 0 Å². The third-order valence-electron chi connectivity index (χ3n) is 19.4. The molecule has 0 aliphatic rings. The molecule has 0 unspecified atom stereocenters. The van der Waals surface area contributed by atoms with Gasteiger partial charge in [-0.05, 0) is 253 Å². The first-order chi connectivity index (χ1) is 37.7. The number of fused-ring (bicyclic) bond motifs is 4. The summed E-state index contributed by atoms with van der Waals surface area (Å²) in [7, 11) is 130. The molecular formula is C49H45B32. The Morgan fingerprint density at radius 1 is 0.284 bits per heavy atom. The zero-order valence-corrected chi connectivity index (χ0v) is 50.5. The van der Waals surface area contributed by atoms with Gasteiger partial charge in [0.25, 0.3) is 0 Å². The summed E-state index contributed by atoms with van der Waals surface area (Å²) in [5.41, 5.74) is 22.6. The molecule has 337 valence electrons. The molecule has 0 nitrogen and oxygen atoms in total. The van der Waals surface area contributed by atoms with Gasteiger partial charge in [0.2, 0.25) is 0 Å². The van der Waals surface area contributed by atoms with Crippen molar-refractivity contribution in [3.05, 3.63) is 83.5 Å². The topological polar surface area (TPSA) is 0 Å². The second-order valence-electron chi connectivity index (χ2n) is 23.4. The molecular weight excluding hydrogens is 935 g/mol. The van der Waals surface area contributed by atoms with Crippen molar-refractivity contribution >= 4 is 313 Å². The van der Waals surface area contributed by atoms with Crippen LogP contribution in [0, 0.1) is 104 Å². The van der Waals surface area contributed by atoms with Crippen LogP contribution in [0.1, 0.15) is 83.5 Å². The van der Waals surface area contributed by atoms with Crippen LogP contribution < -0.4 is 38.2 Å². The lowest BCUT2D eigenvalue weighted by atomic mass is 8.66. The van der Waals surface area contributed by atoms with Gasteiger partial charge in [0.1, 0.15) is 7.85 Å². The maximum absolute atomic E-state index is 7.75. The number of hydrogen-bond donors (Lipinski definition) is 0. The van der Waals surface area contributed by atoms with Crippen molar-refractivity contribution < 1.29 is 0 Å². The van der Waals surface area contributed by atoms with Gasteiger partial charge in [-0.3, -0.25) is 0 Å². The lowest BCUT2D eigenvalue weighted by Gasteiger charge is -2.42. The Labute approximate surface area is 518 Å². The minimum atomic E-state index is -1.29. The molecule has 0 saturated heterocycles. The molecule has 7 rings (SSSR count). The van der Waals surface area contributed by atoms with Gasteiger partial charge in [-0.1, -0.05) is 21.9 Å². The van der Waals surface area contributed by atoms with Crippen LogP contribution in [0.3, 0.4) is 0 Å². The smallest absolute Gasteiger partial charge is 0.113 e. The van der Waals surface area contributed by atoms with Crippen LogP contribution in [0.25, 0.3) is 65.3 Å². The zero-order chi connectivity index (χ0) is 61.1. The van der Waals surface area contributed by atoms with Crippen LogP contribution >= 0.6 is 0 Å². The zero-order valence-electron chi connectivity index (χ0n) is 50.5. The fraction of sp³-hybridized carbons (Fsp3) is 0.306. The highest BCUT2D eigenvalue weighted by atomic mass is 14.3. The largest absolute Gasteiger partial charge is 0.113 e. The predicted octanol–water partition coefficient (Wildman–Crippen LogP) is -3.70. The van der Waals surface area contributed by atoms with Crippen molar-refractivity contribution in [2.75, 3.05) is 0 Å².